The first kappa shape index (κ1) is 19.2. The molecule has 5 rings (SSSR count). The molecule has 0 saturated carbocycles. The summed E-state index contributed by atoms with van der Waals surface area (Å²) in [5, 5.41) is 0. The number of nitrogens with zero attached hydrogens (tertiary/aromatic N) is 2. The molecule has 31 heavy (non-hydrogen) atoms. The number of esters is 1. The molecule has 5 aromatic rings. The van der Waals surface area contributed by atoms with E-state index >= 15 is 0 Å². The van der Waals surface area contributed by atoms with Crippen LogP contribution in [0.5, 0.6) is 0 Å². The van der Waals surface area contributed by atoms with Gasteiger partial charge in [0.15, 0.2) is 0 Å². The van der Waals surface area contributed by atoms with Gasteiger partial charge in [-0.25, -0.2) is 4.79 Å². The van der Waals surface area contributed by atoms with Crippen LogP contribution >= 0.6 is 11.7 Å². The predicted molar refractivity (Wildman–Crippen MR) is 125 cm³/mol. The molecule has 5 heteroatoms. The van der Waals surface area contributed by atoms with Crippen molar-refractivity contribution in [1.82, 2.24) is 8.75 Å². The minimum absolute atomic E-state index is 0.398. The number of fused-ring (bicyclic) bond motifs is 1. The molecule has 0 radical (unpaired) electrons. The quantitative estimate of drug-likeness (QED) is 0.311. The first-order chi connectivity index (χ1) is 15.3. The fourth-order valence-electron chi connectivity index (χ4n) is 3.97. The van der Waals surface area contributed by atoms with Gasteiger partial charge in [0.1, 0.15) is 11.0 Å². The van der Waals surface area contributed by atoms with Gasteiger partial charge >= 0.3 is 5.97 Å². The summed E-state index contributed by atoms with van der Waals surface area (Å²) in [5.41, 5.74) is 7.22. The van der Waals surface area contributed by atoms with Crippen molar-refractivity contribution in [2.24, 2.45) is 0 Å². The number of carbonyl (C=O) groups is 1. The molecule has 0 unspecified atom stereocenters. The Balaban J connectivity index is 2.03. The summed E-state index contributed by atoms with van der Waals surface area (Å²) in [6, 6.07) is 29.8. The summed E-state index contributed by atoms with van der Waals surface area (Å²) >= 11 is 1.15. The Hall–Kier alpha value is -3.83. The SMILES string of the molecule is COC(=O)c1c(-c2ccccc2)c(-c2ccccc2)c2nsnc2c1-c1ccccc1. The predicted octanol–water partition coefficient (Wildman–Crippen LogP) is 6.48. The molecule has 1 heterocycles. The van der Waals surface area contributed by atoms with Crippen LogP contribution < -0.4 is 0 Å². The van der Waals surface area contributed by atoms with E-state index in [9.17, 15) is 4.79 Å². The molecule has 0 spiro atoms. The second kappa shape index (κ2) is 8.13. The number of hydrogen-bond acceptors (Lipinski definition) is 5. The van der Waals surface area contributed by atoms with Gasteiger partial charge in [0.2, 0.25) is 0 Å². The molecule has 0 saturated heterocycles. The van der Waals surface area contributed by atoms with E-state index in [0.717, 1.165) is 50.6 Å². The van der Waals surface area contributed by atoms with Gasteiger partial charge in [0, 0.05) is 16.7 Å². The highest BCUT2D eigenvalue weighted by Gasteiger charge is 2.29. The molecule has 1 aromatic heterocycles. The summed E-state index contributed by atoms with van der Waals surface area (Å²) < 4.78 is 14.6. The fraction of sp³-hybridized carbons (Fsp3) is 0.0385. The average Bonchev–Trinajstić information content (AvgIpc) is 3.33. The summed E-state index contributed by atoms with van der Waals surface area (Å²) in [4.78, 5) is 13.3. The summed E-state index contributed by atoms with van der Waals surface area (Å²) in [7, 11) is 1.41. The van der Waals surface area contributed by atoms with Gasteiger partial charge in [-0.05, 0) is 16.7 Å². The fourth-order valence-corrected chi connectivity index (χ4v) is 4.53. The lowest BCUT2D eigenvalue weighted by Crippen LogP contribution is -2.09. The summed E-state index contributed by atoms with van der Waals surface area (Å²) in [6.45, 7) is 0. The van der Waals surface area contributed by atoms with Crippen molar-refractivity contribution in [2.45, 2.75) is 0 Å². The molecule has 0 N–H and O–H groups in total. The van der Waals surface area contributed by atoms with Crippen molar-refractivity contribution >= 4 is 28.7 Å². The smallest absolute Gasteiger partial charge is 0.339 e. The maximum atomic E-state index is 13.3. The third-order valence-corrected chi connectivity index (χ3v) is 5.82. The van der Waals surface area contributed by atoms with Gasteiger partial charge < -0.3 is 4.74 Å². The number of aromatic nitrogens is 2. The van der Waals surface area contributed by atoms with E-state index in [2.05, 4.69) is 8.75 Å². The highest BCUT2D eigenvalue weighted by molar-refractivity contribution is 7.00. The topological polar surface area (TPSA) is 52.1 Å². The van der Waals surface area contributed by atoms with Gasteiger partial charge in [-0.2, -0.15) is 8.75 Å². The molecule has 4 aromatic carbocycles. The molecule has 0 aliphatic carbocycles. The molecule has 150 valence electrons. The van der Waals surface area contributed by atoms with E-state index in [-0.39, 0.29) is 0 Å². The van der Waals surface area contributed by atoms with Crippen LogP contribution in [0.3, 0.4) is 0 Å². The summed E-state index contributed by atoms with van der Waals surface area (Å²) in [5.74, 6) is -0.398. The molecule has 0 amide bonds. The van der Waals surface area contributed by atoms with Crippen molar-refractivity contribution in [3.8, 4) is 33.4 Å². The van der Waals surface area contributed by atoms with Gasteiger partial charge in [-0.15, -0.1) is 0 Å². The van der Waals surface area contributed by atoms with Gasteiger partial charge in [0.25, 0.3) is 0 Å². The van der Waals surface area contributed by atoms with E-state index < -0.39 is 5.97 Å². The first-order valence-electron chi connectivity index (χ1n) is 9.86. The molecule has 0 fully saturated rings. The van der Waals surface area contributed by atoms with Crippen LogP contribution in [0.1, 0.15) is 10.4 Å². The number of carbonyl (C=O) groups excluding carboxylic acids is 1. The van der Waals surface area contributed by atoms with Crippen molar-refractivity contribution in [2.75, 3.05) is 7.11 Å². The lowest BCUT2D eigenvalue weighted by Gasteiger charge is -2.19. The maximum absolute atomic E-state index is 13.3. The van der Waals surface area contributed by atoms with Crippen LogP contribution in [0.2, 0.25) is 0 Å². The molecule has 0 atom stereocenters. The third-order valence-electron chi connectivity index (χ3n) is 5.29. The van der Waals surface area contributed by atoms with Crippen molar-refractivity contribution in [3.63, 3.8) is 0 Å². The zero-order valence-corrected chi connectivity index (χ0v) is 17.6. The molecule has 4 nitrogen and oxygen atoms in total. The third kappa shape index (κ3) is 3.29. The lowest BCUT2D eigenvalue weighted by molar-refractivity contribution is 0.0602. The maximum Gasteiger partial charge on any atom is 0.339 e. The molecule has 0 aliphatic heterocycles. The standard InChI is InChI=1S/C26H18N2O2S/c1-30-26(29)23-20(17-11-5-2-6-12-17)21(18-13-7-3-8-14-18)24-25(28-31-27-24)22(23)19-15-9-4-10-16-19/h2-16H,1H3. The van der Waals surface area contributed by atoms with Crippen molar-refractivity contribution in [3.05, 3.63) is 96.6 Å². The lowest BCUT2D eigenvalue weighted by atomic mass is 9.84. The number of ether oxygens (including phenoxy) is 1. The number of methoxy groups -OCH3 is 1. The Morgan fingerprint density at radius 1 is 0.645 bits per heavy atom. The zero-order chi connectivity index (χ0) is 21.2. The molecular formula is C26H18N2O2S. The van der Waals surface area contributed by atoms with E-state index in [1.807, 2.05) is 91.0 Å². The van der Waals surface area contributed by atoms with Gasteiger partial charge in [-0.1, -0.05) is 91.0 Å². The normalized spacial score (nSPS) is 10.9. The number of rotatable bonds is 4. The Labute approximate surface area is 184 Å². The monoisotopic (exact) mass is 422 g/mol. The van der Waals surface area contributed by atoms with Gasteiger partial charge in [-0.3, -0.25) is 0 Å². The van der Waals surface area contributed by atoms with Crippen LogP contribution in [-0.4, -0.2) is 21.8 Å². The summed E-state index contributed by atoms with van der Waals surface area (Å²) in [6.07, 6.45) is 0. The average molecular weight is 423 g/mol. The van der Waals surface area contributed by atoms with Crippen molar-refractivity contribution < 1.29 is 9.53 Å². The minimum atomic E-state index is -0.398. The second-order valence-corrected chi connectivity index (χ2v) is 7.58. The van der Waals surface area contributed by atoms with Crippen LogP contribution in [0.4, 0.5) is 0 Å². The highest BCUT2D eigenvalue weighted by Crippen LogP contribution is 2.46. The Morgan fingerprint density at radius 2 is 1.06 bits per heavy atom. The minimum Gasteiger partial charge on any atom is -0.465 e. The highest BCUT2D eigenvalue weighted by atomic mass is 32.1. The largest absolute Gasteiger partial charge is 0.465 e. The Bertz CT molecular complexity index is 1360. The second-order valence-electron chi connectivity index (χ2n) is 7.05. The Kier molecular flexibility index (Phi) is 5.02. The number of benzene rings is 4. The first-order valence-corrected chi connectivity index (χ1v) is 10.6. The van der Waals surface area contributed by atoms with Crippen molar-refractivity contribution in [1.29, 1.82) is 0 Å². The molecular weight excluding hydrogens is 404 g/mol. The van der Waals surface area contributed by atoms with Crippen LogP contribution in [0.15, 0.2) is 91.0 Å². The van der Waals surface area contributed by atoms with E-state index in [1.165, 1.54) is 7.11 Å². The molecule has 0 aliphatic rings. The van der Waals surface area contributed by atoms with E-state index in [1.54, 1.807) is 0 Å². The van der Waals surface area contributed by atoms with Crippen LogP contribution in [0, 0.1) is 0 Å². The van der Waals surface area contributed by atoms with Gasteiger partial charge in [0.05, 0.1) is 24.4 Å². The number of hydrogen-bond donors (Lipinski definition) is 0. The van der Waals surface area contributed by atoms with E-state index in [0.29, 0.717) is 11.1 Å². The van der Waals surface area contributed by atoms with E-state index in [4.69, 9.17) is 4.74 Å². The molecule has 0 bridgehead atoms. The Morgan fingerprint density at radius 3 is 1.55 bits per heavy atom. The van der Waals surface area contributed by atoms with Crippen LogP contribution in [-0.2, 0) is 4.74 Å². The van der Waals surface area contributed by atoms with Crippen LogP contribution in [0.25, 0.3) is 44.4 Å². The zero-order valence-electron chi connectivity index (χ0n) is 16.8.